The third-order valence-electron chi connectivity index (χ3n) is 4.73. The van der Waals surface area contributed by atoms with Crippen LogP contribution in [0.1, 0.15) is 41.4 Å². The van der Waals surface area contributed by atoms with Crippen LogP contribution in [0.2, 0.25) is 5.02 Å². The molecule has 1 aliphatic carbocycles. The first-order chi connectivity index (χ1) is 11.1. The Bertz CT molecular complexity index is 836. The summed E-state index contributed by atoms with van der Waals surface area (Å²) >= 11 is 6.24. The summed E-state index contributed by atoms with van der Waals surface area (Å²) in [7, 11) is 0. The lowest BCUT2D eigenvalue weighted by molar-refractivity contribution is 0.620. The maximum Gasteiger partial charge on any atom is 0.130 e. The van der Waals surface area contributed by atoms with E-state index >= 15 is 0 Å². The molecule has 1 saturated carbocycles. The molecule has 1 nitrogen and oxygen atoms in total. The Hall–Kier alpha value is -2.06. The average Bonchev–Trinajstić information content (AvgIpc) is 3.30. The summed E-state index contributed by atoms with van der Waals surface area (Å²) in [5.41, 5.74) is 4.98. The van der Waals surface area contributed by atoms with Gasteiger partial charge in [0, 0.05) is 11.3 Å². The van der Waals surface area contributed by atoms with Crippen LogP contribution in [0.3, 0.4) is 0 Å². The summed E-state index contributed by atoms with van der Waals surface area (Å²) in [6, 6.07) is 11.2. The zero-order chi connectivity index (χ0) is 16.1. The first kappa shape index (κ1) is 14.5. The Labute approximate surface area is 140 Å². The minimum atomic E-state index is -0.206. The molecule has 3 heteroatoms. The fourth-order valence-electron chi connectivity index (χ4n) is 3.35. The number of nitrogens with one attached hydrogen (secondary N) is 1. The van der Waals surface area contributed by atoms with Crippen molar-refractivity contribution in [2.45, 2.75) is 24.7 Å². The predicted molar refractivity (Wildman–Crippen MR) is 94.4 cm³/mol. The van der Waals surface area contributed by atoms with Gasteiger partial charge < -0.3 is 5.32 Å². The number of para-hydroxylation sites is 1. The maximum absolute atomic E-state index is 14.6. The van der Waals surface area contributed by atoms with E-state index in [0.717, 1.165) is 35.4 Å². The third kappa shape index (κ3) is 2.38. The van der Waals surface area contributed by atoms with Crippen molar-refractivity contribution in [1.29, 1.82) is 0 Å². The molecule has 0 amide bonds. The van der Waals surface area contributed by atoms with E-state index < -0.39 is 0 Å². The summed E-state index contributed by atoms with van der Waals surface area (Å²) < 4.78 is 14.6. The van der Waals surface area contributed by atoms with E-state index in [1.807, 2.05) is 30.3 Å². The number of fused-ring (bicyclic) bond motifs is 1. The van der Waals surface area contributed by atoms with Crippen LogP contribution in [0, 0.1) is 5.82 Å². The Balaban J connectivity index is 1.73. The highest BCUT2D eigenvalue weighted by molar-refractivity contribution is 6.33. The molecule has 1 heterocycles. The number of anilines is 1. The lowest BCUT2D eigenvalue weighted by atomic mass is 9.87. The molecule has 0 aromatic heterocycles. The first-order valence-corrected chi connectivity index (χ1v) is 8.17. The van der Waals surface area contributed by atoms with Crippen LogP contribution in [0.15, 0.2) is 55.3 Å². The SMILES string of the molecule is C=C1Nc2c(Cl)cccc2C1C(=C)c1ccc(C2CC2)cc1F. The van der Waals surface area contributed by atoms with Gasteiger partial charge in [0.25, 0.3) is 0 Å². The van der Waals surface area contributed by atoms with Crippen LogP contribution >= 0.6 is 11.6 Å². The van der Waals surface area contributed by atoms with E-state index in [4.69, 9.17) is 11.6 Å². The molecular formula is C20H17ClFN. The standard InChI is InChI=1S/C20H17ClFN/c1-11(15-9-8-14(10-18(15)22)13-6-7-13)19-12(2)23-20-16(19)4-3-5-17(20)21/h3-5,8-10,13,19,23H,1-2,6-7H2. The fraction of sp³-hybridized carbons (Fsp3) is 0.200. The largest absolute Gasteiger partial charge is 0.357 e. The molecule has 1 unspecified atom stereocenters. The maximum atomic E-state index is 14.6. The van der Waals surface area contributed by atoms with Gasteiger partial charge >= 0.3 is 0 Å². The Morgan fingerprint density at radius 2 is 2.00 bits per heavy atom. The van der Waals surface area contributed by atoms with Crippen molar-refractivity contribution in [3.05, 3.63) is 82.8 Å². The minimum absolute atomic E-state index is 0.162. The molecular weight excluding hydrogens is 309 g/mol. The molecule has 2 aromatic carbocycles. The molecule has 1 N–H and O–H groups in total. The van der Waals surface area contributed by atoms with Gasteiger partial charge in [-0.15, -0.1) is 0 Å². The van der Waals surface area contributed by atoms with Gasteiger partial charge in [-0.2, -0.15) is 0 Å². The highest BCUT2D eigenvalue weighted by atomic mass is 35.5. The van der Waals surface area contributed by atoms with Crippen molar-refractivity contribution >= 4 is 22.9 Å². The molecule has 0 radical (unpaired) electrons. The number of halogens is 2. The number of allylic oxidation sites excluding steroid dienone is 1. The Morgan fingerprint density at radius 3 is 2.70 bits per heavy atom. The molecule has 1 aliphatic heterocycles. The van der Waals surface area contributed by atoms with Crippen molar-refractivity contribution in [3.8, 4) is 0 Å². The van der Waals surface area contributed by atoms with Crippen LogP contribution in [0.25, 0.3) is 5.57 Å². The minimum Gasteiger partial charge on any atom is -0.357 e. The van der Waals surface area contributed by atoms with Gasteiger partial charge in [0.15, 0.2) is 0 Å². The van der Waals surface area contributed by atoms with E-state index in [1.54, 1.807) is 6.07 Å². The normalized spacial score (nSPS) is 19.4. The quantitative estimate of drug-likeness (QED) is 0.719. The smallest absolute Gasteiger partial charge is 0.130 e. The van der Waals surface area contributed by atoms with E-state index in [-0.39, 0.29) is 11.7 Å². The van der Waals surface area contributed by atoms with E-state index in [2.05, 4.69) is 18.5 Å². The zero-order valence-corrected chi connectivity index (χ0v) is 13.5. The monoisotopic (exact) mass is 325 g/mol. The number of rotatable bonds is 3. The van der Waals surface area contributed by atoms with Gasteiger partial charge in [-0.05, 0) is 47.6 Å². The van der Waals surface area contributed by atoms with Crippen molar-refractivity contribution < 1.29 is 4.39 Å². The third-order valence-corrected chi connectivity index (χ3v) is 5.04. The Morgan fingerprint density at radius 1 is 1.22 bits per heavy atom. The summed E-state index contributed by atoms with van der Waals surface area (Å²) in [6.07, 6.45) is 2.32. The second kappa shape index (κ2) is 5.24. The van der Waals surface area contributed by atoms with E-state index in [0.29, 0.717) is 22.1 Å². The topological polar surface area (TPSA) is 12.0 Å². The van der Waals surface area contributed by atoms with Crippen LogP contribution in [0.5, 0.6) is 0 Å². The van der Waals surface area contributed by atoms with Gasteiger partial charge in [0.05, 0.1) is 16.6 Å². The van der Waals surface area contributed by atoms with Gasteiger partial charge in [0.1, 0.15) is 5.82 Å². The highest BCUT2D eigenvalue weighted by Gasteiger charge is 2.31. The molecule has 2 aromatic rings. The lowest BCUT2D eigenvalue weighted by Gasteiger charge is -2.17. The molecule has 1 fully saturated rings. The number of benzene rings is 2. The number of hydrogen-bond acceptors (Lipinski definition) is 1. The summed E-state index contributed by atoms with van der Waals surface area (Å²) in [5.74, 6) is 0.169. The summed E-state index contributed by atoms with van der Waals surface area (Å²) in [4.78, 5) is 0. The van der Waals surface area contributed by atoms with Crippen molar-refractivity contribution in [3.63, 3.8) is 0 Å². The lowest BCUT2D eigenvalue weighted by Crippen LogP contribution is -2.03. The van der Waals surface area contributed by atoms with Crippen LogP contribution < -0.4 is 5.32 Å². The van der Waals surface area contributed by atoms with Crippen molar-refractivity contribution in [1.82, 2.24) is 0 Å². The second-order valence-electron chi connectivity index (χ2n) is 6.33. The molecule has 23 heavy (non-hydrogen) atoms. The first-order valence-electron chi connectivity index (χ1n) is 7.79. The van der Waals surface area contributed by atoms with Gasteiger partial charge in [0.2, 0.25) is 0 Å². The Kier molecular flexibility index (Phi) is 3.31. The number of hydrogen-bond donors (Lipinski definition) is 1. The van der Waals surface area contributed by atoms with E-state index in [9.17, 15) is 4.39 Å². The fourth-order valence-corrected chi connectivity index (χ4v) is 3.58. The van der Waals surface area contributed by atoms with Crippen molar-refractivity contribution in [2.24, 2.45) is 0 Å². The zero-order valence-electron chi connectivity index (χ0n) is 12.7. The molecule has 116 valence electrons. The summed E-state index contributed by atoms with van der Waals surface area (Å²) in [6.45, 7) is 8.22. The average molecular weight is 326 g/mol. The molecule has 1 atom stereocenters. The van der Waals surface area contributed by atoms with E-state index in [1.165, 1.54) is 0 Å². The highest BCUT2D eigenvalue weighted by Crippen LogP contribution is 2.48. The molecule has 0 bridgehead atoms. The van der Waals surface area contributed by atoms with Crippen LogP contribution in [0.4, 0.5) is 10.1 Å². The van der Waals surface area contributed by atoms with Gasteiger partial charge in [-0.25, -0.2) is 4.39 Å². The van der Waals surface area contributed by atoms with Gasteiger partial charge in [-0.3, -0.25) is 0 Å². The second-order valence-corrected chi connectivity index (χ2v) is 6.73. The molecule has 0 spiro atoms. The van der Waals surface area contributed by atoms with Crippen LogP contribution in [-0.2, 0) is 0 Å². The molecule has 0 saturated heterocycles. The van der Waals surface area contributed by atoms with Crippen LogP contribution in [-0.4, -0.2) is 0 Å². The summed E-state index contributed by atoms with van der Waals surface area (Å²) in [5, 5.41) is 3.86. The van der Waals surface area contributed by atoms with Crippen molar-refractivity contribution in [2.75, 3.05) is 5.32 Å². The van der Waals surface area contributed by atoms with Gasteiger partial charge in [-0.1, -0.05) is 49.0 Å². The molecule has 2 aliphatic rings. The predicted octanol–water partition coefficient (Wildman–Crippen LogP) is 6.09. The molecule has 4 rings (SSSR count).